The molecule has 1 aromatic heterocycles. The van der Waals surface area contributed by atoms with E-state index in [1.165, 1.54) is 5.56 Å². The lowest BCUT2D eigenvalue weighted by molar-refractivity contribution is -0.120. The second kappa shape index (κ2) is 5.31. The van der Waals surface area contributed by atoms with Gasteiger partial charge in [0, 0.05) is 13.2 Å². The minimum absolute atomic E-state index is 0.136. The molecule has 0 spiro atoms. The van der Waals surface area contributed by atoms with Gasteiger partial charge in [-0.05, 0) is 43.7 Å². The summed E-state index contributed by atoms with van der Waals surface area (Å²) in [5.74, 6) is 0.366. The van der Waals surface area contributed by atoms with E-state index in [1.54, 1.807) is 0 Å². The Bertz CT molecular complexity index is 388. The summed E-state index contributed by atoms with van der Waals surface area (Å²) < 4.78 is 1.82. The summed E-state index contributed by atoms with van der Waals surface area (Å²) in [5, 5.41) is 7.31. The van der Waals surface area contributed by atoms with Crippen LogP contribution in [0, 0.1) is 5.92 Å². The minimum atomic E-state index is -0.226. The zero-order chi connectivity index (χ0) is 12.3. The van der Waals surface area contributed by atoms with Crippen LogP contribution in [0.1, 0.15) is 24.8 Å². The Balaban J connectivity index is 1.81. The lowest BCUT2D eigenvalue weighted by Crippen LogP contribution is -2.46. The number of rotatable bonds is 4. The molecular formula is C12H20N4O. The lowest BCUT2D eigenvalue weighted by Gasteiger charge is -2.28. The highest BCUT2D eigenvalue weighted by Crippen LogP contribution is 2.21. The fourth-order valence-corrected chi connectivity index (χ4v) is 2.45. The molecule has 0 saturated carbocycles. The van der Waals surface area contributed by atoms with Crippen LogP contribution in [0.15, 0.2) is 12.4 Å². The number of aryl methyl sites for hydroxylation is 2. The molecule has 3 N–H and O–H groups in total. The second-order valence-corrected chi connectivity index (χ2v) is 4.86. The molecule has 0 aromatic carbocycles. The Hall–Kier alpha value is -1.36. The number of amides is 1. The monoisotopic (exact) mass is 236 g/mol. The largest absolute Gasteiger partial charge is 0.368 e. The Labute approximate surface area is 101 Å². The zero-order valence-corrected chi connectivity index (χ0v) is 10.2. The molecule has 2 atom stereocenters. The first-order valence-corrected chi connectivity index (χ1v) is 6.15. The van der Waals surface area contributed by atoms with Crippen LogP contribution in [0.25, 0.3) is 0 Å². The quantitative estimate of drug-likeness (QED) is 0.784. The van der Waals surface area contributed by atoms with Crippen molar-refractivity contribution in [3.63, 3.8) is 0 Å². The van der Waals surface area contributed by atoms with Crippen LogP contribution in [0.3, 0.4) is 0 Å². The molecule has 1 aromatic rings. The van der Waals surface area contributed by atoms with Gasteiger partial charge in [-0.2, -0.15) is 5.10 Å². The van der Waals surface area contributed by atoms with E-state index in [9.17, 15) is 4.79 Å². The predicted octanol–water partition coefficient (Wildman–Crippen LogP) is 0.206. The number of hydrogen-bond acceptors (Lipinski definition) is 3. The molecule has 5 nitrogen and oxygen atoms in total. The van der Waals surface area contributed by atoms with Crippen LogP contribution < -0.4 is 11.1 Å². The Morgan fingerprint density at radius 2 is 2.53 bits per heavy atom. The van der Waals surface area contributed by atoms with Gasteiger partial charge in [0.1, 0.15) is 0 Å². The van der Waals surface area contributed by atoms with E-state index < -0.39 is 0 Å². The number of nitrogens with two attached hydrogens (primary N) is 1. The molecule has 1 aliphatic heterocycles. The van der Waals surface area contributed by atoms with Crippen molar-refractivity contribution in [3.8, 4) is 0 Å². The van der Waals surface area contributed by atoms with E-state index in [0.29, 0.717) is 5.92 Å². The van der Waals surface area contributed by atoms with Crippen molar-refractivity contribution in [3.05, 3.63) is 18.0 Å². The molecule has 1 aliphatic rings. The first-order chi connectivity index (χ1) is 8.15. The van der Waals surface area contributed by atoms with E-state index in [1.807, 2.05) is 24.1 Å². The number of hydrogen-bond donors (Lipinski definition) is 2. The molecule has 1 amide bonds. The van der Waals surface area contributed by atoms with Gasteiger partial charge < -0.3 is 11.1 Å². The van der Waals surface area contributed by atoms with E-state index >= 15 is 0 Å². The molecule has 2 unspecified atom stereocenters. The third kappa shape index (κ3) is 3.30. The first kappa shape index (κ1) is 12.1. The van der Waals surface area contributed by atoms with Crippen LogP contribution in [-0.2, 0) is 18.3 Å². The van der Waals surface area contributed by atoms with Crippen molar-refractivity contribution in [2.24, 2.45) is 18.7 Å². The van der Waals surface area contributed by atoms with Crippen LogP contribution in [-0.4, -0.2) is 28.3 Å². The zero-order valence-electron chi connectivity index (χ0n) is 10.2. The number of aromatic nitrogens is 2. The van der Waals surface area contributed by atoms with Crippen molar-refractivity contribution in [1.29, 1.82) is 0 Å². The molecule has 1 saturated heterocycles. The topological polar surface area (TPSA) is 72.9 Å². The molecule has 0 aliphatic carbocycles. The van der Waals surface area contributed by atoms with Crippen LogP contribution in [0.5, 0.6) is 0 Å². The van der Waals surface area contributed by atoms with Crippen LogP contribution in [0.2, 0.25) is 0 Å². The fourth-order valence-electron chi connectivity index (χ4n) is 2.45. The second-order valence-electron chi connectivity index (χ2n) is 4.86. The standard InChI is InChI=1S/C12H20N4O/c1-16-8-10(7-15-16)3-2-9-4-5-14-11(6-9)12(13)17/h7-9,11,14H,2-6H2,1H3,(H2,13,17). The number of carbonyl (C=O) groups excluding carboxylic acids is 1. The molecular weight excluding hydrogens is 216 g/mol. The Morgan fingerprint density at radius 1 is 1.71 bits per heavy atom. The predicted molar refractivity (Wildman–Crippen MR) is 65.2 cm³/mol. The van der Waals surface area contributed by atoms with E-state index in [2.05, 4.69) is 10.4 Å². The normalized spacial score (nSPS) is 24.8. The molecule has 17 heavy (non-hydrogen) atoms. The third-order valence-electron chi connectivity index (χ3n) is 3.46. The summed E-state index contributed by atoms with van der Waals surface area (Å²) >= 11 is 0. The average Bonchev–Trinajstić information content (AvgIpc) is 2.73. The SMILES string of the molecule is Cn1cc(CCC2CCNC(C(N)=O)C2)cn1. The maximum absolute atomic E-state index is 11.1. The molecule has 94 valence electrons. The molecule has 5 heteroatoms. The number of nitrogens with one attached hydrogen (secondary N) is 1. The van der Waals surface area contributed by atoms with Gasteiger partial charge in [-0.3, -0.25) is 9.48 Å². The first-order valence-electron chi connectivity index (χ1n) is 6.15. The van der Waals surface area contributed by atoms with E-state index in [4.69, 9.17) is 5.73 Å². The van der Waals surface area contributed by atoms with Crippen LogP contribution in [0.4, 0.5) is 0 Å². The number of primary amides is 1. The average molecular weight is 236 g/mol. The summed E-state index contributed by atoms with van der Waals surface area (Å²) in [6, 6.07) is -0.136. The van der Waals surface area contributed by atoms with Gasteiger partial charge in [0.15, 0.2) is 0 Å². The summed E-state index contributed by atoms with van der Waals surface area (Å²) in [6.45, 7) is 0.894. The van der Waals surface area contributed by atoms with Crippen molar-refractivity contribution >= 4 is 5.91 Å². The molecule has 2 heterocycles. The smallest absolute Gasteiger partial charge is 0.234 e. The molecule has 2 rings (SSSR count). The van der Waals surface area contributed by atoms with Crippen LogP contribution >= 0.6 is 0 Å². The van der Waals surface area contributed by atoms with Gasteiger partial charge in [0.2, 0.25) is 5.91 Å². The number of carbonyl (C=O) groups is 1. The molecule has 1 fully saturated rings. The van der Waals surface area contributed by atoms with Gasteiger partial charge in [-0.25, -0.2) is 0 Å². The Kier molecular flexibility index (Phi) is 3.78. The van der Waals surface area contributed by atoms with Gasteiger partial charge in [0.25, 0.3) is 0 Å². The third-order valence-corrected chi connectivity index (χ3v) is 3.46. The van der Waals surface area contributed by atoms with Gasteiger partial charge >= 0.3 is 0 Å². The van der Waals surface area contributed by atoms with Crippen molar-refractivity contribution in [1.82, 2.24) is 15.1 Å². The van der Waals surface area contributed by atoms with Crippen molar-refractivity contribution in [2.75, 3.05) is 6.54 Å². The maximum Gasteiger partial charge on any atom is 0.234 e. The molecule has 0 bridgehead atoms. The number of nitrogens with zero attached hydrogens (tertiary/aromatic N) is 2. The van der Waals surface area contributed by atoms with E-state index in [-0.39, 0.29) is 11.9 Å². The lowest BCUT2D eigenvalue weighted by atomic mass is 9.88. The highest BCUT2D eigenvalue weighted by molar-refractivity contribution is 5.79. The highest BCUT2D eigenvalue weighted by Gasteiger charge is 2.24. The Morgan fingerprint density at radius 3 is 3.18 bits per heavy atom. The summed E-state index contributed by atoms with van der Waals surface area (Å²) in [6.07, 6.45) is 8.10. The maximum atomic E-state index is 11.1. The van der Waals surface area contributed by atoms with Gasteiger partial charge in [-0.1, -0.05) is 0 Å². The summed E-state index contributed by atoms with van der Waals surface area (Å²) in [5.41, 5.74) is 6.59. The molecule has 0 radical (unpaired) electrons. The van der Waals surface area contributed by atoms with Crippen molar-refractivity contribution in [2.45, 2.75) is 31.7 Å². The van der Waals surface area contributed by atoms with Gasteiger partial charge in [-0.15, -0.1) is 0 Å². The minimum Gasteiger partial charge on any atom is -0.368 e. The summed E-state index contributed by atoms with van der Waals surface area (Å²) in [7, 11) is 1.93. The van der Waals surface area contributed by atoms with Crippen molar-refractivity contribution < 1.29 is 4.79 Å². The van der Waals surface area contributed by atoms with Gasteiger partial charge in [0.05, 0.1) is 12.2 Å². The number of piperidine rings is 1. The van der Waals surface area contributed by atoms with E-state index in [0.717, 1.165) is 32.2 Å². The fraction of sp³-hybridized carbons (Fsp3) is 0.667. The summed E-state index contributed by atoms with van der Waals surface area (Å²) in [4.78, 5) is 11.1. The highest BCUT2D eigenvalue weighted by atomic mass is 16.1.